The molecule has 0 aliphatic rings. The van der Waals surface area contributed by atoms with Gasteiger partial charge in [-0.2, -0.15) is 0 Å². The van der Waals surface area contributed by atoms with Crippen LogP contribution in [0.5, 0.6) is 0 Å². The maximum atomic E-state index is 10.1. The molecule has 0 amide bonds. The lowest BCUT2D eigenvalue weighted by Crippen LogP contribution is -2.40. The molecule has 5 heteroatoms. The summed E-state index contributed by atoms with van der Waals surface area (Å²) in [6.45, 7) is 1.38. The average molecular weight is 151 g/mol. The molecule has 4 nitrogen and oxygen atoms in total. The van der Waals surface area contributed by atoms with E-state index >= 15 is 0 Å². The molecule has 0 saturated carbocycles. The molecular weight excluding hydrogens is 142 g/mol. The van der Waals surface area contributed by atoms with Crippen LogP contribution in [0.3, 0.4) is 0 Å². The van der Waals surface area contributed by atoms with Crippen LogP contribution in [0.25, 0.3) is 0 Å². The molecular formula is C4H9NO3S. The number of nitrogens with one attached hydrogen (secondary N) is 1. The van der Waals surface area contributed by atoms with Gasteiger partial charge in [-0.25, -0.2) is 0 Å². The maximum absolute atomic E-state index is 10.1. The molecule has 0 fully saturated rings. The number of aliphatic hydroxyl groups excluding tert-OH is 1. The summed E-state index contributed by atoms with van der Waals surface area (Å²) in [6, 6.07) is -0.992. The molecule has 0 unspecified atom stereocenters. The number of carboxylic acid groups (broad SMARTS) is 1. The molecule has 3 N–H and O–H groups in total. The number of aliphatic carboxylic acids is 1. The normalized spacial score (nSPS) is 16.8. The summed E-state index contributed by atoms with van der Waals surface area (Å²) in [6.07, 6.45) is -0.931. The van der Waals surface area contributed by atoms with Crippen molar-refractivity contribution in [2.45, 2.75) is 19.1 Å². The van der Waals surface area contributed by atoms with Crippen molar-refractivity contribution >= 4 is 18.8 Å². The Kier molecular flexibility index (Phi) is 3.60. The van der Waals surface area contributed by atoms with Gasteiger partial charge in [0.2, 0.25) is 0 Å². The molecule has 0 spiro atoms. The van der Waals surface area contributed by atoms with E-state index in [4.69, 9.17) is 10.2 Å². The van der Waals surface area contributed by atoms with E-state index in [1.165, 1.54) is 6.92 Å². The minimum Gasteiger partial charge on any atom is -0.480 e. The molecule has 0 aromatic heterocycles. The standard InChI is InChI=1S/C4H9NO3S/c1-2(6)3(5-9)4(7)8/h2-3,5-6,9H,1H3,(H,7,8)/t2-,3+/m0/s1. The van der Waals surface area contributed by atoms with Crippen LogP contribution in [0, 0.1) is 0 Å². The van der Waals surface area contributed by atoms with E-state index in [0.29, 0.717) is 0 Å². The predicted octanol–water partition coefficient (Wildman–Crippen LogP) is -0.745. The fourth-order valence-electron chi connectivity index (χ4n) is 0.369. The molecule has 0 aliphatic carbocycles. The van der Waals surface area contributed by atoms with Gasteiger partial charge in [0.15, 0.2) is 0 Å². The zero-order valence-electron chi connectivity index (χ0n) is 4.90. The van der Waals surface area contributed by atoms with Crippen LogP contribution in [0.15, 0.2) is 0 Å². The van der Waals surface area contributed by atoms with Crippen molar-refractivity contribution in [2.24, 2.45) is 0 Å². The molecule has 9 heavy (non-hydrogen) atoms. The Morgan fingerprint density at radius 2 is 2.22 bits per heavy atom. The first-order valence-electron chi connectivity index (χ1n) is 2.40. The molecule has 0 aromatic rings. The highest BCUT2D eigenvalue weighted by atomic mass is 32.1. The summed E-state index contributed by atoms with van der Waals surface area (Å²) < 4.78 is 2.15. The smallest absolute Gasteiger partial charge is 0.324 e. The summed E-state index contributed by atoms with van der Waals surface area (Å²) in [7, 11) is 0. The fraction of sp³-hybridized carbons (Fsp3) is 0.750. The van der Waals surface area contributed by atoms with Gasteiger partial charge >= 0.3 is 5.97 Å². The second kappa shape index (κ2) is 3.71. The van der Waals surface area contributed by atoms with Gasteiger partial charge in [0.1, 0.15) is 6.04 Å². The summed E-state index contributed by atoms with van der Waals surface area (Å²) in [5.74, 6) is -1.11. The lowest BCUT2D eigenvalue weighted by molar-refractivity contribution is -0.141. The number of thiol groups is 1. The number of hydrogen-bond acceptors (Lipinski definition) is 4. The zero-order chi connectivity index (χ0) is 7.44. The van der Waals surface area contributed by atoms with Crippen molar-refractivity contribution in [2.75, 3.05) is 0 Å². The van der Waals surface area contributed by atoms with Gasteiger partial charge in [0.25, 0.3) is 0 Å². The average Bonchev–Trinajstić information content (AvgIpc) is 1.64. The van der Waals surface area contributed by atoms with Crippen LogP contribution < -0.4 is 4.72 Å². The van der Waals surface area contributed by atoms with Gasteiger partial charge in [-0.15, -0.1) is 0 Å². The Bertz CT molecular complexity index is 106. The van der Waals surface area contributed by atoms with E-state index in [-0.39, 0.29) is 0 Å². The Morgan fingerprint density at radius 1 is 1.78 bits per heavy atom. The summed E-state index contributed by atoms with van der Waals surface area (Å²) in [5.41, 5.74) is 0. The molecule has 0 rings (SSSR count). The third-order valence-corrected chi connectivity index (χ3v) is 1.17. The largest absolute Gasteiger partial charge is 0.480 e. The first-order valence-corrected chi connectivity index (χ1v) is 2.84. The molecule has 0 aromatic carbocycles. The van der Waals surface area contributed by atoms with E-state index in [1.54, 1.807) is 0 Å². The van der Waals surface area contributed by atoms with Gasteiger partial charge in [0.05, 0.1) is 6.10 Å². The zero-order valence-corrected chi connectivity index (χ0v) is 5.80. The number of aliphatic hydroxyl groups is 1. The molecule has 0 saturated heterocycles. The van der Waals surface area contributed by atoms with E-state index in [1.807, 2.05) is 0 Å². The third-order valence-electron chi connectivity index (χ3n) is 0.888. The summed E-state index contributed by atoms with van der Waals surface area (Å²) >= 11 is 3.50. The van der Waals surface area contributed by atoms with Gasteiger partial charge in [0, 0.05) is 0 Å². The second-order valence-corrected chi connectivity index (χ2v) is 1.94. The Hall–Kier alpha value is -0.260. The molecule has 54 valence electrons. The molecule has 0 radical (unpaired) electrons. The Balaban J connectivity index is 3.83. The third kappa shape index (κ3) is 2.69. The van der Waals surface area contributed by atoms with E-state index < -0.39 is 18.1 Å². The van der Waals surface area contributed by atoms with Crippen LogP contribution in [0.4, 0.5) is 0 Å². The van der Waals surface area contributed by atoms with Crippen molar-refractivity contribution in [3.05, 3.63) is 0 Å². The number of carbonyl (C=O) groups is 1. The van der Waals surface area contributed by atoms with Crippen molar-refractivity contribution < 1.29 is 15.0 Å². The van der Waals surface area contributed by atoms with E-state index in [2.05, 4.69) is 17.5 Å². The molecule has 2 atom stereocenters. The minimum absolute atomic E-state index is 0.931. The molecule has 0 aliphatic heterocycles. The van der Waals surface area contributed by atoms with Crippen LogP contribution in [0.2, 0.25) is 0 Å². The summed E-state index contributed by atoms with van der Waals surface area (Å²) in [4.78, 5) is 10.1. The number of hydrogen-bond donors (Lipinski definition) is 4. The lowest BCUT2D eigenvalue weighted by Gasteiger charge is -2.11. The predicted molar refractivity (Wildman–Crippen MR) is 35.2 cm³/mol. The van der Waals surface area contributed by atoms with Crippen LogP contribution >= 0.6 is 12.8 Å². The monoisotopic (exact) mass is 151 g/mol. The van der Waals surface area contributed by atoms with Crippen molar-refractivity contribution in [3.8, 4) is 0 Å². The van der Waals surface area contributed by atoms with Crippen molar-refractivity contribution in [1.82, 2.24) is 4.72 Å². The molecule has 0 heterocycles. The summed E-state index contributed by atoms with van der Waals surface area (Å²) in [5, 5.41) is 17.0. The van der Waals surface area contributed by atoms with Crippen molar-refractivity contribution in [1.29, 1.82) is 0 Å². The Labute approximate surface area is 58.4 Å². The van der Waals surface area contributed by atoms with Gasteiger partial charge in [-0.1, -0.05) is 12.8 Å². The van der Waals surface area contributed by atoms with Crippen LogP contribution in [-0.2, 0) is 4.79 Å². The van der Waals surface area contributed by atoms with Gasteiger partial charge < -0.3 is 10.2 Å². The van der Waals surface area contributed by atoms with Crippen molar-refractivity contribution in [3.63, 3.8) is 0 Å². The number of rotatable bonds is 3. The van der Waals surface area contributed by atoms with Crippen LogP contribution in [-0.4, -0.2) is 28.3 Å². The highest BCUT2D eigenvalue weighted by Crippen LogP contribution is 1.92. The van der Waals surface area contributed by atoms with Gasteiger partial charge in [-0.05, 0) is 6.92 Å². The lowest BCUT2D eigenvalue weighted by atomic mass is 10.2. The number of carboxylic acids is 1. The maximum Gasteiger partial charge on any atom is 0.324 e. The van der Waals surface area contributed by atoms with Crippen LogP contribution in [0.1, 0.15) is 6.92 Å². The second-order valence-electron chi connectivity index (χ2n) is 1.69. The first-order chi connectivity index (χ1) is 4.09. The van der Waals surface area contributed by atoms with Gasteiger partial charge in [-0.3, -0.25) is 9.52 Å². The Morgan fingerprint density at radius 3 is 2.22 bits per heavy atom. The van der Waals surface area contributed by atoms with E-state index in [9.17, 15) is 4.79 Å². The minimum atomic E-state index is -1.11. The van der Waals surface area contributed by atoms with E-state index in [0.717, 1.165) is 0 Å². The first kappa shape index (κ1) is 8.74. The molecule has 0 bridgehead atoms. The highest BCUT2D eigenvalue weighted by molar-refractivity contribution is 7.78. The SMILES string of the molecule is C[C@H](O)[C@@H](NS)C(=O)O. The highest BCUT2D eigenvalue weighted by Gasteiger charge is 2.20. The fourth-order valence-corrected chi connectivity index (χ4v) is 0.696. The topological polar surface area (TPSA) is 69.6 Å². The quantitative estimate of drug-likeness (QED) is 0.401.